The summed E-state index contributed by atoms with van der Waals surface area (Å²) in [5.74, 6) is -0.101. The number of carbonyl (C=O) groups is 1. The summed E-state index contributed by atoms with van der Waals surface area (Å²) in [6.45, 7) is 5.03. The lowest BCUT2D eigenvalue weighted by molar-refractivity contribution is 0.0695. The smallest absolute Gasteiger partial charge is 0.252 e. The second-order valence-corrected chi connectivity index (χ2v) is 5.37. The Labute approximate surface area is 118 Å². The van der Waals surface area contributed by atoms with E-state index in [1.807, 2.05) is 26.0 Å². The van der Waals surface area contributed by atoms with Crippen molar-refractivity contribution in [1.29, 1.82) is 0 Å². The second kappa shape index (κ2) is 7.13. The van der Waals surface area contributed by atoms with Gasteiger partial charge in [0.2, 0.25) is 0 Å². The number of ether oxygens (including phenoxy) is 1. The van der Waals surface area contributed by atoms with E-state index >= 15 is 0 Å². The Morgan fingerprint density at radius 3 is 2.76 bits per heavy atom. The van der Waals surface area contributed by atoms with Crippen LogP contribution in [0.5, 0.6) is 0 Å². The SMILES string of the molecule is CCOC(C)CNC(=O)c1ccc(Br)cc1Br. The monoisotopic (exact) mass is 363 g/mol. The minimum Gasteiger partial charge on any atom is -0.377 e. The van der Waals surface area contributed by atoms with Gasteiger partial charge in [-0.25, -0.2) is 0 Å². The van der Waals surface area contributed by atoms with Gasteiger partial charge in [-0.05, 0) is 48.0 Å². The molecule has 0 spiro atoms. The third kappa shape index (κ3) is 4.77. The molecule has 0 fully saturated rings. The predicted molar refractivity (Wildman–Crippen MR) is 75.3 cm³/mol. The van der Waals surface area contributed by atoms with E-state index in [0.29, 0.717) is 18.7 Å². The average molecular weight is 365 g/mol. The van der Waals surface area contributed by atoms with Gasteiger partial charge in [0.25, 0.3) is 5.91 Å². The summed E-state index contributed by atoms with van der Waals surface area (Å²) in [6.07, 6.45) is 0.0261. The number of rotatable bonds is 5. The molecule has 5 heteroatoms. The van der Waals surface area contributed by atoms with E-state index in [4.69, 9.17) is 4.74 Å². The number of carbonyl (C=O) groups excluding carboxylic acids is 1. The van der Waals surface area contributed by atoms with Crippen LogP contribution in [0.4, 0.5) is 0 Å². The molecule has 94 valence electrons. The van der Waals surface area contributed by atoms with Gasteiger partial charge < -0.3 is 10.1 Å². The van der Waals surface area contributed by atoms with E-state index in [-0.39, 0.29) is 12.0 Å². The zero-order chi connectivity index (χ0) is 12.8. The van der Waals surface area contributed by atoms with E-state index in [9.17, 15) is 4.79 Å². The lowest BCUT2D eigenvalue weighted by atomic mass is 10.2. The zero-order valence-corrected chi connectivity index (χ0v) is 13.0. The van der Waals surface area contributed by atoms with Gasteiger partial charge in [0.1, 0.15) is 0 Å². The maximum Gasteiger partial charge on any atom is 0.252 e. The molecule has 0 aliphatic rings. The molecule has 1 rings (SSSR count). The molecule has 0 saturated carbocycles. The third-order valence-electron chi connectivity index (χ3n) is 2.18. The highest BCUT2D eigenvalue weighted by molar-refractivity contribution is 9.11. The first kappa shape index (κ1) is 14.7. The van der Waals surface area contributed by atoms with Gasteiger partial charge in [0, 0.05) is 22.1 Å². The fourth-order valence-electron chi connectivity index (χ4n) is 1.35. The molecule has 0 saturated heterocycles. The first-order valence-corrected chi connectivity index (χ1v) is 6.98. The van der Waals surface area contributed by atoms with Crippen molar-refractivity contribution in [3.05, 3.63) is 32.7 Å². The van der Waals surface area contributed by atoms with Crippen molar-refractivity contribution in [3.8, 4) is 0 Å². The molecule has 1 N–H and O–H groups in total. The molecule has 0 heterocycles. The Kier molecular flexibility index (Phi) is 6.16. The topological polar surface area (TPSA) is 38.3 Å². The molecule has 0 aliphatic carbocycles. The molecule has 17 heavy (non-hydrogen) atoms. The molecule has 1 unspecified atom stereocenters. The molecule has 0 bridgehead atoms. The Morgan fingerprint density at radius 1 is 1.47 bits per heavy atom. The Bertz CT molecular complexity index is 396. The van der Waals surface area contributed by atoms with Crippen LogP contribution >= 0.6 is 31.9 Å². The van der Waals surface area contributed by atoms with Crippen molar-refractivity contribution in [2.24, 2.45) is 0 Å². The quantitative estimate of drug-likeness (QED) is 0.869. The zero-order valence-electron chi connectivity index (χ0n) is 9.80. The van der Waals surface area contributed by atoms with Gasteiger partial charge in [-0.2, -0.15) is 0 Å². The van der Waals surface area contributed by atoms with Gasteiger partial charge in [0.05, 0.1) is 11.7 Å². The van der Waals surface area contributed by atoms with E-state index < -0.39 is 0 Å². The summed E-state index contributed by atoms with van der Waals surface area (Å²) < 4.78 is 7.05. The predicted octanol–water partition coefficient (Wildman–Crippen LogP) is 3.37. The molecular weight excluding hydrogens is 350 g/mol. The number of benzene rings is 1. The van der Waals surface area contributed by atoms with E-state index in [1.165, 1.54) is 0 Å². The van der Waals surface area contributed by atoms with Crippen LogP contribution in [0.1, 0.15) is 24.2 Å². The summed E-state index contributed by atoms with van der Waals surface area (Å²) in [5.41, 5.74) is 0.622. The molecule has 1 aromatic rings. The van der Waals surface area contributed by atoms with Gasteiger partial charge in [-0.1, -0.05) is 15.9 Å². The van der Waals surface area contributed by atoms with Crippen molar-refractivity contribution in [1.82, 2.24) is 5.32 Å². The van der Waals surface area contributed by atoms with Crippen molar-refractivity contribution >= 4 is 37.8 Å². The van der Waals surface area contributed by atoms with Crippen molar-refractivity contribution < 1.29 is 9.53 Å². The first-order valence-electron chi connectivity index (χ1n) is 5.39. The Hall–Kier alpha value is -0.390. The lowest BCUT2D eigenvalue weighted by Crippen LogP contribution is -2.32. The summed E-state index contributed by atoms with van der Waals surface area (Å²) in [5, 5.41) is 2.83. The van der Waals surface area contributed by atoms with Crippen LogP contribution in [-0.4, -0.2) is 25.2 Å². The minimum atomic E-state index is -0.101. The highest BCUT2D eigenvalue weighted by Crippen LogP contribution is 2.21. The Morgan fingerprint density at radius 2 is 2.18 bits per heavy atom. The highest BCUT2D eigenvalue weighted by Gasteiger charge is 2.11. The largest absolute Gasteiger partial charge is 0.377 e. The maximum atomic E-state index is 11.9. The van der Waals surface area contributed by atoms with Crippen molar-refractivity contribution in [2.45, 2.75) is 20.0 Å². The molecule has 0 aromatic heterocycles. The van der Waals surface area contributed by atoms with Crippen LogP contribution in [-0.2, 0) is 4.74 Å². The minimum absolute atomic E-state index is 0.0261. The second-order valence-electron chi connectivity index (χ2n) is 3.60. The van der Waals surface area contributed by atoms with Crippen LogP contribution in [0, 0.1) is 0 Å². The number of hydrogen-bond donors (Lipinski definition) is 1. The summed E-state index contributed by atoms with van der Waals surface area (Å²) in [7, 11) is 0. The first-order chi connectivity index (χ1) is 8.04. The van der Waals surface area contributed by atoms with Crippen LogP contribution in [0.2, 0.25) is 0 Å². The van der Waals surface area contributed by atoms with E-state index in [1.54, 1.807) is 6.07 Å². The number of nitrogens with one attached hydrogen (secondary N) is 1. The normalized spacial score (nSPS) is 12.2. The summed E-state index contributed by atoms with van der Waals surface area (Å²) >= 11 is 6.71. The van der Waals surface area contributed by atoms with Crippen LogP contribution < -0.4 is 5.32 Å². The summed E-state index contributed by atoms with van der Waals surface area (Å²) in [6, 6.07) is 5.46. The molecule has 1 amide bonds. The van der Waals surface area contributed by atoms with Gasteiger partial charge in [-0.3, -0.25) is 4.79 Å². The van der Waals surface area contributed by atoms with E-state index in [0.717, 1.165) is 8.95 Å². The third-order valence-corrected chi connectivity index (χ3v) is 3.33. The number of halogens is 2. The summed E-state index contributed by atoms with van der Waals surface area (Å²) in [4.78, 5) is 11.9. The highest BCUT2D eigenvalue weighted by atomic mass is 79.9. The maximum absolute atomic E-state index is 11.9. The molecule has 1 aromatic carbocycles. The van der Waals surface area contributed by atoms with Crippen LogP contribution in [0.15, 0.2) is 27.1 Å². The van der Waals surface area contributed by atoms with Crippen molar-refractivity contribution in [3.63, 3.8) is 0 Å². The van der Waals surface area contributed by atoms with Gasteiger partial charge >= 0.3 is 0 Å². The standard InChI is InChI=1S/C12H15Br2NO2/c1-3-17-8(2)7-15-12(16)10-5-4-9(13)6-11(10)14/h4-6,8H,3,7H2,1-2H3,(H,15,16). The number of hydrogen-bond acceptors (Lipinski definition) is 2. The van der Waals surface area contributed by atoms with Crippen LogP contribution in [0.25, 0.3) is 0 Å². The molecule has 1 atom stereocenters. The van der Waals surface area contributed by atoms with Crippen molar-refractivity contribution in [2.75, 3.05) is 13.2 Å². The van der Waals surface area contributed by atoms with Gasteiger partial charge in [0.15, 0.2) is 0 Å². The molecule has 0 radical (unpaired) electrons. The fourth-order valence-corrected chi connectivity index (χ4v) is 2.58. The average Bonchev–Trinajstić information content (AvgIpc) is 2.26. The Balaban J connectivity index is 2.58. The number of amides is 1. The molecule has 0 aliphatic heterocycles. The fraction of sp³-hybridized carbons (Fsp3) is 0.417. The molecular formula is C12H15Br2NO2. The van der Waals surface area contributed by atoms with Crippen LogP contribution in [0.3, 0.4) is 0 Å². The van der Waals surface area contributed by atoms with Gasteiger partial charge in [-0.15, -0.1) is 0 Å². The van der Waals surface area contributed by atoms with E-state index in [2.05, 4.69) is 37.2 Å². The molecule has 3 nitrogen and oxygen atoms in total. The lowest BCUT2D eigenvalue weighted by Gasteiger charge is -2.13.